The topological polar surface area (TPSA) is 61.4 Å². The Kier molecular flexibility index (Phi) is 6.03. The van der Waals surface area contributed by atoms with E-state index in [0.717, 1.165) is 38.8 Å². The van der Waals surface area contributed by atoms with E-state index in [-0.39, 0.29) is 6.04 Å². The summed E-state index contributed by atoms with van der Waals surface area (Å²) in [6.45, 7) is 6.98. The number of nitrogens with zero attached hydrogens (tertiary/aromatic N) is 1. The number of nitrogens with one attached hydrogen (secondary N) is 2. The van der Waals surface area contributed by atoms with Crippen molar-refractivity contribution in [2.75, 3.05) is 19.6 Å². The summed E-state index contributed by atoms with van der Waals surface area (Å²) < 4.78 is 0. The van der Waals surface area contributed by atoms with E-state index in [1.807, 2.05) is 0 Å². The smallest absolute Gasteiger partial charge is 0.309 e. The molecule has 2 N–H and O–H groups in total. The van der Waals surface area contributed by atoms with Crippen LogP contribution in [0, 0.1) is 5.92 Å². The molecule has 5 heteroatoms. The third-order valence-corrected chi connectivity index (χ3v) is 5.04. The molecule has 0 aromatic rings. The van der Waals surface area contributed by atoms with Crippen molar-refractivity contribution in [3.63, 3.8) is 0 Å². The monoisotopic (exact) mass is 295 g/mol. The minimum Gasteiger partial charge on any atom is -0.346 e. The molecule has 2 fully saturated rings. The fraction of sp³-hybridized carbons (Fsp3) is 0.875. The number of carbonyl (C=O) groups is 2. The quantitative estimate of drug-likeness (QED) is 0.768. The van der Waals surface area contributed by atoms with Crippen LogP contribution in [0.4, 0.5) is 0 Å². The molecule has 120 valence electrons. The first-order valence-corrected chi connectivity index (χ1v) is 8.44. The average Bonchev–Trinajstić information content (AvgIpc) is 2.94. The second-order valence-corrected chi connectivity index (χ2v) is 6.48. The Morgan fingerprint density at radius 2 is 1.86 bits per heavy atom. The molecule has 0 aromatic carbocycles. The molecule has 0 unspecified atom stereocenters. The van der Waals surface area contributed by atoms with Gasteiger partial charge in [-0.25, -0.2) is 0 Å². The molecular formula is C16H29N3O2. The largest absolute Gasteiger partial charge is 0.346 e. The third kappa shape index (κ3) is 4.43. The highest BCUT2D eigenvalue weighted by Crippen LogP contribution is 2.23. The lowest BCUT2D eigenvalue weighted by molar-refractivity contribution is -0.140. The lowest BCUT2D eigenvalue weighted by Gasteiger charge is -2.29. The van der Waals surface area contributed by atoms with Crippen LogP contribution in [0.5, 0.6) is 0 Å². The van der Waals surface area contributed by atoms with Gasteiger partial charge in [-0.05, 0) is 44.7 Å². The molecule has 5 nitrogen and oxygen atoms in total. The molecule has 2 rings (SSSR count). The molecule has 1 aliphatic carbocycles. The van der Waals surface area contributed by atoms with E-state index in [1.165, 1.54) is 12.8 Å². The first-order valence-electron chi connectivity index (χ1n) is 8.44. The summed E-state index contributed by atoms with van der Waals surface area (Å²) in [4.78, 5) is 26.3. The highest BCUT2D eigenvalue weighted by molar-refractivity contribution is 6.35. The van der Waals surface area contributed by atoms with Gasteiger partial charge in [-0.2, -0.15) is 0 Å². The number of hydrogen-bond donors (Lipinski definition) is 2. The van der Waals surface area contributed by atoms with Gasteiger partial charge in [0.2, 0.25) is 0 Å². The maximum atomic E-state index is 12.0. The van der Waals surface area contributed by atoms with Crippen LogP contribution in [0.2, 0.25) is 0 Å². The summed E-state index contributed by atoms with van der Waals surface area (Å²) in [6, 6.07) is 0.552. The fourth-order valence-corrected chi connectivity index (χ4v) is 3.60. The van der Waals surface area contributed by atoms with E-state index in [9.17, 15) is 9.59 Å². The number of carbonyl (C=O) groups excluding carboxylic acids is 2. The summed E-state index contributed by atoms with van der Waals surface area (Å²) in [6.07, 6.45) is 6.79. The molecular weight excluding hydrogens is 266 g/mol. The van der Waals surface area contributed by atoms with Crippen molar-refractivity contribution < 1.29 is 9.59 Å². The second kappa shape index (κ2) is 7.78. The van der Waals surface area contributed by atoms with E-state index >= 15 is 0 Å². The summed E-state index contributed by atoms with van der Waals surface area (Å²) >= 11 is 0. The summed E-state index contributed by atoms with van der Waals surface area (Å²) in [5.74, 6) is -0.466. The predicted molar refractivity (Wildman–Crippen MR) is 82.8 cm³/mol. The molecule has 0 radical (unpaired) electrons. The molecule has 1 saturated heterocycles. The van der Waals surface area contributed by atoms with E-state index in [2.05, 4.69) is 29.4 Å². The van der Waals surface area contributed by atoms with Crippen LogP contribution >= 0.6 is 0 Å². The molecule has 1 aliphatic heterocycles. The van der Waals surface area contributed by atoms with Crippen LogP contribution in [0.1, 0.15) is 52.4 Å². The van der Waals surface area contributed by atoms with Gasteiger partial charge in [-0.1, -0.05) is 26.7 Å². The molecule has 2 aliphatic rings. The maximum absolute atomic E-state index is 12.0. The fourth-order valence-electron chi connectivity index (χ4n) is 3.60. The molecule has 0 aromatic heterocycles. The Morgan fingerprint density at radius 3 is 2.57 bits per heavy atom. The zero-order valence-electron chi connectivity index (χ0n) is 13.4. The van der Waals surface area contributed by atoms with Gasteiger partial charge in [0.1, 0.15) is 0 Å². The van der Waals surface area contributed by atoms with Crippen LogP contribution in [-0.2, 0) is 9.59 Å². The SMILES string of the molecule is CCN1CCC[C@@H]1CNC(=O)C(=O)N[C@H]1CCCC[C@@H]1C. The van der Waals surface area contributed by atoms with Gasteiger partial charge in [0.25, 0.3) is 0 Å². The van der Waals surface area contributed by atoms with Crippen LogP contribution in [-0.4, -0.2) is 48.4 Å². The predicted octanol–water partition coefficient (Wildman–Crippen LogP) is 1.28. The standard InChI is InChI=1S/C16H29N3O2/c1-3-19-10-6-8-13(19)11-17-15(20)16(21)18-14-9-5-4-7-12(14)2/h12-14H,3-11H2,1-2H3,(H,17,20)(H,18,21)/t12-,13+,14-/m0/s1. The number of rotatable bonds is 4. The Morgan fingerprint density at radius 1 is 1.10 bits per heavy atom. The number of amides is 2. The number of hydrogen-bond acceptors (Lipinski definition) is 3. The van der Waals surface area contributed by atoms with Crippen molar-refractivity contribution in [3.05, 3.63) is 0 Å². The average molecular weight is 295 g/mol. The minimum absolute atomic E-state index is 0.163. The van der Waals surface area contributed by atoms with Crippen molar-refractivity contribution in [2.45, 2.75) is 64.5 Å². The van der Waals surface area contributed by atoms with E-state index in [1.54, 1.807) is 0 Å². The molecule has 1 heterocycles. The van der Waals surface area contributed by atoms with Gasteiger partial charge in [-0.3, -0.25) is 14.5 Å². The molecule has 21 heavy (non-hydrogen) atoms. The number of likely N-dealkylation sites (N-methyl/N-ethyl adjacent to an activating group) is 1. The van der Waals surface area contributed by atoms with Crippen molar-refractivity contribution in [2.24, 2.45) is 5.92 Å². The lowest BCUT2D eigenvalue weighted by atomic mass is 9.86. The van der Waals surface area contributed by atoms with Crippen LogP contribution < -0.4 is 10.6 Å². The first kappa shape index (κ1) is 16.3. The zero-order chi connectivity index (χ0) is 15.2. The minimum atomic E-state index is -0.476. The number of likely N-dealkylation sites (tertiary alicyclic amines) is 1. The van der Waals surface area contributed by atoms with Crippen LogP contribution in [0.15, 0.2) is 0 Å². The van der Waals surface area contributed by atoms with Crippen molar-refractivity contribution >= 4 is 11.8 Å². The van der Waals surface area contributed by atoms with Crippen molar-refractivity contribution in [3.8, 4) is 0 Å². The lowest BCUT2D eigenvalue weighted by Crippen LogP contribution is -2.49. The van der Waals surface area contributed by atoms with Gasteiger partial charge < -0.3 is 10.6 Å². The first-order chi connectivity index (χ1) is 10.1. The highest BCUT2D eigenvalue weighted by atomic mass is 16.2. The Labute approximate surface area is 127 Å². The normalized spacial score (nSPS) is 30.1. The van der Waals surface area contributed by atoms with Crippen molar-refractivity contribution in [1.82, 2.24) is 15.5 Å². The summed E-state index contributed by atoms with van der Waals surface area (Å²) in [5, 5.41) is 5.70. The molecule has 3 atom stereocenters. The Balaban J connectivity index is 1.73. The highest BCUT2D eigenvalue weighted by Gasteiger charge is 2.27. The van der Waals surface area contributed by atoms with E-state index in [0.29, 0.717) is 18.5 Å². The molecule has 2 amide bonds. The van der Waals surface area contributed by atoms with Gasteiger partial charge >= 0.3 is 11.8 Å². The summed E-state index contributed by atoms with van der Waals surface area (Å²) in [5.41, 5.74) is 0. The molecule has 0 bridgehead atoms. The van der Waals surface area contributed by atoms with Gasteiger partial charge in [0.15, 0.2) is 0 Å². The maximum Gasteiger partial charge on any atom is 0.309 e. The van der Waals surface area contributed by atoms with Crippen LogP contribution in [0.25, 0.3) is 0 Å². The Hall–Kier alpha value is -1.10. The molecule has 0 spiro atoms. The molecule has 1 saturated carbocycles. The van der Waals surface area contributed by atoms with Gasteiger partial charge in [0, 0.05) is 18.6 Å². The van der Waals surface area contributed by atoms with Crippen LogP contribution in [0.3, 0.4) is 0 Å². The Bertz CT molecular complexity index is 373. The second-order valence-electron chi connectivity index (χ2n) is 6.48. The van der Waals surface area contributed by atoms with E-state index in [4.69, 9.17) is 0 Å². The third-order valence-electron chi connectivity index (χ3n) is 5.04. The van der Waals surface area contributed by atoms with Gasteiger partial charge in [0.05, 0.1) is 0 Å². The van der Waals surface area contributed by atoms with Gasteiger partial charge in [-0.15, -0.1) is 0 Å². The van der Waals surface area contributed by atoms with E-state index < -0.39 is 11.8 Å². The van der Waals surface area contributed by atoms with Crippen molar-refractivity contribution in [1.29, 1.82) is 0 Å². The zero-order valence-corrected chi connectivity index (χ0v) is 13.4. The summed E-state index contributed by atoms with van der Waals surface area (Å²) in [7, 11) is 0.